The van der Waals surface area contributed by atoms with E-state index in [4.69, 9.17) is 26.8 Å². The summed E-state index contributed by atoms with van der Waals surface area (Å²) in [5.74, 6) is -0.474. The van der Waals surface area contributed by atoms with Gasteiger partial charge in [0.25, 0.3) is 0 Å². The van der Waals surface area contributed by atoms with Crippen LogP contribution in [0.2, 0.25) is 0 Å². The van der Waals surface area contributed by atoms with Crippen molar-refractivity contribution in [3.63, 3.8) is 0 Å². The van der Waals surface area contributed by atoms with Crippen molar-refractivity contribution in [3.8, 4) is 0 Å². The zero-order chi connectivity index (χ0) is 17.2. The number of nitrogens with two attached hydrogens (primary N) is 1. The van der Waals surface area contributed by atoms with Gasteiger partial charge < -0.3 is 25.2 Å². The van der Waals surface area contributed by atoms with Crippen LogP contribution in [0, 0.1) is 0 Å². The Kier molecular flexibility index (Phi) is 5.28. The van der Waals surface area contributed by atoms with Crippen LogP contribution < -0.4 is 5.73 Å². The third-order valence-corrected chi connectivity index (χ3v) is 4.17. The molecule has 23 heavy (non-hydrogen) atoms. The zero-order valence-corrected chi connectivity index (χ0v) is 13.4. The van der Waals surface area contributed by atoms with Crippen molar-refractivity contribution in [2.75, 3.05) is 12.5 Å². The maximum absolute atomic E-state index is 14.9. The molecule has 0 spiro atoms. The molecular weight excluding hydrogens is 329 g/mol. The number of hydrogen-bond acceptors (Lipinski definition) is 7. The molecule has 0 aromatic rings. The summed E-state index contributed by atoms with van der Waals surface area (Å²) in [7, 11) is 0. The number of carbonyl (C=O) groups is 1. The summed E-state index contributed by atoms with van der Waals surface area (Å²) >= 11 is 5.87. The summed E-state index contributed by atoms with van der Waals surface area (Å²) in [6.07, 6.45) is -1.32. The zero-order valence-electron chi connectivity index (χ0n) is 12.6. The van der Waals surface area contributed by atoms with Gasteiger partial charge in [-0.25, -0.2) is 9.38 Å². The molecule has 7 nitrogen and oxygen atoms in total. The molecule has 3 N–H and O–H groups in total. The number of aliphatic imine (C=N–C) groups is 1. The number of aliphatic hydroxyl groups excluding tert-OH is 1. The number of aliphatic hydroxyl groups is 1. The molecule has 1 fully saturated rings. The normalized spacial score (nSPS) is 33.7. The lowest BCUT2D eigenvalue weighted by Crippen LogP contribution is -2.49. The molecule has 0 unspecified atom stereocenters. The number of ether oxygens (including phenoxy) is 2. The fraction of sp³-hybridized carbons (Fsp3) is 0.571. The van der Waals surface area contributed by atoms with Crippen LogP contribution in [0.3, 0.4) is 0 Å². The lowest BCUT2D eigenvalue weighted by molar-refractivity contribution is -0.165. The van der Waals surface area contributed by atoms with Gasteiger partial charge >= 0.3 is 5.97 Å². The fourth-order valence-electron chi connectivity index (χ4n) is 2.42. The van der Waals surface area contributed by atoms with Crippen LogP contribution in [0.25, 0.3) is 0 Å². The van der Waals surface area contributed by atoms with Crippen molar-refractivity contribution in [2.45, 2.75) is 37.4 Å². The maximum atomic E-state index is 14.9. The van der Waals surface area contributed by atoms with E-state index in [9.17, 15) is 14.3 Å². The Bertz CT molecular complexity index is 550. The van der Waals surface area contributed by atoms with Crippen molar-refractivity contribution in [2.24, 2.45) is 10.7 Å². The Hall–Kier alpha value is -1.64. The van der Waals surface area contributed by atoms with Gasteiger partial charge in [-0.15, -0.1) is 11.6 Å². The number of halogens is 2. The van der Waals surface area contributed by atoms with E-state index in [2.05, 4.69) is 11.6 Å². The minimum Gasteiger partial charge on any atom is -0.456 e. The van der Waals surface area contributed by atoms with Gasteiger partial charge in [-0.05, 0) is 6.08 Å². The van der Waals surface area contributed by atoms with E-state index in [1.54, 1.807) is 6.92 Å². The largest absolute Gasteiger partial charge is 0.456 e. The Morgan fingerprint density at radius 3 is 2.96 bits per heavy atom. The minimum absolute atomic E-state index is 0.0643. The summed E-state index contributed by atoms with van der Waals surface area (Å²) in [5, 5.41) is 9.64. The van der Waals surface area contributed by atoms with E-state index < -0.39 is 36.7 Å². The number of rotatable bonds is 5. The Morgan fingerprint density at radius 2 is 2.43 bits per heavy atom. The lowest BCUT2D eigenvalue weighted by Gasteiger charge is -2.31. The predicted octanol–water partition coefficient (Wildman–Crippen LogP) is 0.630. The average Bonchev–Trinajstić information content (AvgIpc) is 2.81. The SMILES string of the molecule is C=C1N=C(N)C=CN1[C@@H]1O[C@@](CO)(CCl)[C@@H](OC(=O)CC)[C@H]1F. The quantitative estimate of drug-likeness (QED) is 0.559. The summed E-state index contributed by atoms with van der Waals surface area (Å²) in [4.78, 5) is 16.8. The first kappa shape index (κ1) is 17.7. The Morgan fingerprint density at radius 1 is 1.74 bits per heavy atom. The lowest BCUT2D eigenvalue weighted by atomic mass is 9.98. The highest BCUT2D eigenvalue weighted by atomic mass is 35.5. The van der Waals surface area contributed by atoms with Crippen LogP contribution >= 0.6 is 11.6 Å². The van der Waals surface area contributed by atoms with Gasteiger partial charge in [0.2, 0.25) is 0 Å². The molecule has 0 bridgehead atoms. The fourth-order valence-corrected chi connectivity index (χ4v) is 2.71. The summed E-state index contributed by atoms with van der Waals surface area (Å²) < 4.78 is 25.7. The van der Waals surface area contributed by atoms with Crippen LogP contribution in [-0.4, -0.2) is 58.4 Å². The van der Waals surface area contributed by atoms with Crippen molar-refractivity contribution >= 4 is 23.4 Å². The van der Waals surface area contributed by atoms with Crippen LogP contribution in [0.1, 0.15) is 13.3 Å². The molecule has 2 heterocycles. The number of esters is 1. The molecule has 0 amide bonds. The summed E-state index contributed by atoms with van der Waals surface area (Å²) in [6, 6.07) is 0. The standard InChI is InChI=1S/C14H19ClFN3O4/c1-3-10(21)22-12-11(16)13(23-14(12,6-15)7-20)19-5-4-9(17)18-8(19)2/h4-5,11-13,20H,2-3,6-7H2,1H3,(H2,17,18)/t11-,12+,13-,14-/m1/s1. The molecule has 9 heteroatoms. The van der Waals surface area contributed by atoms with E-state index >= 15 is 0 Å². The average molecular weight is 348 g/mol. The molecule has 2 rings (SSSR count). The smallest absolute Gasteiger partial charge is 0.305 e. The number of hydrogen-bond donors (Lipinski definition) is 2. The molecule has 0 aromatic heterocycles. The molecule has 1 saturated heterocycles. The topological polar surface area (TPSA) is 97.4 Å². The second kappa shape index (κ2) is 6.86. The summed E-state index contributed by atoms with van der Waals surface area (Å²) in [6.45, 7) is 4.66. The highest BCUT2D eigenvalue weighted by Crippen LogP contribution is 2.39. The van der Waals surface area contributed by atoms with Gasteiger partial charge in [0.1, 0.15) is 17.3 Å². The first-order chi connectivity index (χ1) is 10.9. The molecule has 0 radical (unpaired) electrons. The first-order valence-electron chi connectivity index (χ1n) is 7.06. The number of nitrogens with zero attached hydrogens (tertiary/aromatic N) is 2. The van der Waals surface area contributed by atoms with Gasteiger partial charge in [-0.1, -0.05) is 13.5 Å². The van der Waals surface area contributed by atoms with Gasteiger partial charge in [0.05, 0.1) is 12.5 Å². The van der Waals surface area contributed by atoms with Gasteiger partial charge in [-0.2, -0.15) is 0 Å². The molecule has 2 aliphatic rings. The monoisotopic (exact) mass is 347 g/mol. The predicted molar refractivity (Wildman–Crippen MR) is 82.2 cm³/mol. The molecular formula is C14H19ClFN3O4. The molecule has 128 valence electrons. The van der Waals surface area contributed by atoms with E-state index in [1.807, 2.05) is 0 Å². The van der Waals surface area contributed by atoms with E-state index in [0.29, 0.717) is 0 Å². The molecule has 4 atom stereocenters. The number of amidine groups is 1. The van der Waals surface area contributed by atoms with E-state index in [0.717, 1.165) is 0 Å². The van der Waals surface area contributed by atoms with Gasteiger partial charge in [0.15, 0.2) is 18.5 Å². The van der Waals surface area contributed by atoms with Crippen molar-refractivity contribution in [1.29, 1.82) is 0 Å². The molecule has 0 saturated carbocycles. The van der Waals surface area contributed by atoms with Crippen molar-refractivity contribution in [3.05, 3.63) is 24.7 Å². The molecule has 0 aliphatic carbocycles. The Balaban J connectivity index is 2.29. The number of alkyl halides is 2. The first-order valence-corrected chi connectivity index (χ1v) is 7.59. The van der Waals surface area contributed by atoms with Crippen LogP contribution in [0.5, 0.6) is 0 Å². The van der Waals surface area contributed by atoms with Crippen molar-refractivity contribution in [1.82, 2.24) is 4.90 Å². The molecule has 2 aliphatic heterocycles. The van der Waals surface area contributed by atoms with E-state index in [-0.39, 0.29) is 24.0 Å². The van der Waals surface area contributed by atoms with Crippen LogP contribution in [0.4, 0.5) is 4.39 Å². The molecule has 0 aromatic carbocycles. The highest BCUT2D eigenvalue weighted by molar-refractivity contribution is 6.18. The number of carbonyl (C=O) groups excluding carboxylic acids is 1. The van der Waals surface area contributed by atoms with Gasteiger partial charge in [0, 0.05) is 12.6 Å². The maximum Gasteiger partial charge on any atom is 0.305 e. The Labute approximate surface area is 138 Å². The second-order valence-corrected chi connectivity index (χ2v) is 5.52. The van der Waals surface area contributed by atoms with Crippen LogP contribution in [0.15, 0.2) is 29.7 Å². The highest BCUT2D eigenvalue weighted by Gasteiger charge is 2.59. The summed E-state index contributed by atoms with van der Waals surface area (Å²) in [5.41, 5.74) is 4.00. The minimum atomic E-state index is -1.76. The van der Waals surface area contributed by atoms with Gasteiger partial charge in [-0.3, -0.25) is 4.79 Å². The third-order valence-electron chi connectivity index (χ3n) is 3.71. The third kappa shape index (κ3) is 3.19. The van der Waals surface area contributed by atoms with E-state index in [1.165, 1.54) is 17.2 Å². The van der Waals surface area contributed by atoms with Crippen molar-refractivity contribution < 1.29 is 23.8 Å². The second-order valence-electron chi connectivity index (χ2n) is 5.25. The van der Waals surface area contributed by atoms with Crippen LogP contribution in [-0.2, 0) is 14.3 Å².